The van der Waals surface area contributed by atoms with Gasteiger partial charge >= 0.3 is 6.09 Å². The quantitative estimate of drug-likeness (QED) is 0.701. The molecule has 0 spiro atoms. The summed E-state index contributed by atoms with van der Waals surface area (Å²) >= 11 is 0. The lowest BCUT2D eigenvalue weighted by atomic mass is 10.1. The molecule has 1 atom stereocenters. The minimum absolute atomic E-state index is 0.195. The maximum Gasteiger partial charge on any atom is 0.409 e. The molecule has 1 aliphatic rings. The topological polar surface area (TPSA) is 83.1 Å². The van der Waals surface area contributed by atoms with E-state index in [0.29, 0.717) is 13.1 Å². The van der Waals surface area contributed by atoms with Crippen LogP contribution in [0.5, 0.6) is 0 Å². The van der Waals surface area contributed by atoms with Crippen molar-refractivity contribution in [3.63, 3.8) is 0 Å². The third-order valence-electron chi connectivity index (χ3n) is 2.59. The Morgan fingerprint density at radius 3 is 3.31 bits per heavy atom. The van der Waals surface area contributed by atoms with Crippen LogP contribution in [0.3, 0.4) is 0 Å². The largest absolute Gasteiger partial charge is 0.453 e. The summed E-state index contributed by atoms with van der Waals surface area (Å²) in [5.74, 6) is 0.823. The molecular formula is C9H15N5O2. The molecule has 16 heavy (non-hydrogen) atoms. The van der Waals surface area contributed by atoms with Gasteiger partial charge in [-0.15, -0.1) is 0 Å². The fraction of sp³-hybridized carbons (Fsp3) is 0.667. The Morgan fingerprint density at radius 1 is 1.75 bits per heavy atom. The zero-order valence-corrected chi connectivity index (χ0v) is 9.14. The molecule has 0 aliphatic carbocycles. The number of ether oxygens (including phenoxy) is 1. The summed E-state index contributed by atoms with van der Waals surface area (Å²) in [4.78, 5) is 17.1. The monoisotopic (exact) mass is 225 g/mol. The van der Waals surface area contributed by atoms with Crippen molar-refractivity contribution in [2.75, 3.05) is 26.7 Å². The normalized spacial score (nSPS) is 20.8. The first-order valence-electron chi connectivity index (χ1n) is 5.20. The van der Waals surface area contributed by atoms with Crippen molar-refractivity contribution in [1.29, 1.82) is 0 Å². The summed E-state index contributed by atoms with van der Waals surface area (Å²) < 4.78 is 4.70. The molecule has 2 N–H and O–H groups in total. The molecule has 7 heteroatoms. The Labute approximate surface area is 93.2 Å². The predicted molar refractivity (Wildman–Crippen MR) is 55.9 cm³/mol. The first kappa shape index (κ1) is 10.9. The number of hydrogen-bond donors (Lipinski definition) is 2. The highest BCUT2D eigenvalue weighted by atomic mass is 16.5. The number of piperazine rings is 1. The van der Waals surface area contributed by atoms with Gasteiger partial charge in [-0.2, -0.15) is 5.10 Å². The number of aromatic nitrogens is 3. The number of nitrogens with one attached hydrogen (secondary N) is 2. The van der Waals surface area contributed by atoms with Crippen molar-refractivity contribution in [3.05, 3.63) is 12.2 Å². The molecule has 0 radical (unpaired) electrons. The molecule has 0 bridgehead atoms. The van der Waals surface area contributed by atoms with E-state index in [4.69, 9.17) is 4.74 Å². The molecule has 0 aromatic carbocycles. The molecule has 1 saturated heterocycles. The predicted octanol–water partition coefficient (Wildman–Crippen LogP) is -0.613. The fourth-order valence-corrected chi connectivity index (χ4v) is 1.82. The zero-order valence-electron chi connectivity index (χ0n) is 9.14. The van der Waals surface area contributed by atoms with Crippen molar-refractivity contribution in [2.45, 2.75) is 12.5 Å². The molecule has 1 aromatic rings. The van der Waals surface area contributed by atoms with Gasteiger partial charge in [0.1, 0.15) is 12.2 Å². The summed E-state index contributed by atoms with van der Waals surface area (Å²) in [6.45, 7) is 2.08. The van der Waals surface area contributed by atoms with E-state index >= 15 is 0 Å². The lowest BCUT2D eigenvalue weighted by molar-refractivity contribution is 0.109. The van der Waals surface area contributed by atoms with Gasteiger partial charge < -0.3 is 15.0 Å². The number of methoxy groups -OCH3 is 1. The lowest BCUT2D eigenvalue weighted by Crippen LogP contribution is -2.53. The summed E-state index contributed by atoms with van der Waals surface area (Å²) in [6, 6.07) is 0.195. The Morgan fingerprint density at radius 2 is 2.62 bits per heavy atom. The third-order valence-corrected chi connectivity index (χ3v) is 2.59. The third kappa shape index (κ3) is 2.48. The number of nitrogens with zero attached hydrogens (tertiary/aromatic N) is 3. The number of amides is 1. The highest BCUT2D eigenvalue weighted by Gasteiger charge is 2.24. The van der Waals surface area contributed by atoms with Crippen LogP contribution in [-0.4, -0.2) is 59.0 Å². The first-order valence-corrected chi connectivity index (χ1v) is 5.20. The minimum atomic E-state index is -0.274. The molecule has 7 nitrogen and oxygen atoms in total. The molecule has 1 aliphatic heterocycles. The summed E-state index contributed by atoms with van der Waals surface area (Å²) in [6.07, 6.45) is 1.94. The summed E-state index contributed by atoms with van der Waals surface area (Å²) in [5.41, 5.74) is 0. The van der Waals surface area contributed by atoms with E-state index < -0.39 is 0 Å². The number of H-pyrrole nitrogens is 1. The number of carbonyl (C=O) groups is 1. The number of hydrogen-bond acceptors (Lipinski definition) is 5. The van der Waals surface area contributed by atoms with E-state index in [9.17, 15) is 4.79 Å². The van der Waals surface area contributed by atoms with Gasteiger partial charge in [0, 0.05) is 32.1 Å². The van der Waals surface area contributed by atoms with Gasteiger partial charge in [-0.1, -0.05) is 0 Å². The average Bonchev–Trinajstić information content (AvgIpc) is 2.81. The van der Waals surface area contributed by atoms with Crippen LogP contribution in [0.1, 0.15) is 5.82 Å². The number of rotatable bonds is 2. The van der Waals surface area contributed by atoms with Gasteiger partial charge in [-0.3, -0.25) is 5.10 Å². The maximum atomic E-state index is 11.4. The van der Waals surface area contributed by atoms with Crippen LogP contribution in [0.15, 0.2) is 6.33 Å². The van der Waals surface area contributed by atoms with Gasteiger partial charge in [0.05, 0.1) is 7.11 Å². The van der Waals surface area contributed by atoms with Crippen LogP contribution in [-0.2, 0) is 11.2 Å². The van der Waals surface area contributed by atoms with Crippen LogP contribution >= 0.6 is 0 Å². The van der Waals surface area contributed by atoms with Gasteiger partial charge in [-0.05, 0) is 0 Å². The highest BCUT2D eigenvalue weighted by Crippen LogP contribution is 2.04. The average molecular weight is 225 g/mol. The van der Waals surface area contributed by atoms with Crippen molar-refractivity contribution in [1.82, 2.24) is 25.4 Å². The zero-order chi connectivity index (χ0) is 11.4. The molecular weight excluding hydrogens is 210 g/mol. The van der Waals surface area contributed by atoms with Crippen molar-refractivity contribution in [3.8, 4) is 0 Å². The Kier molecular flexibility index (Phi) is 3.35. The van der Waals surface area contributed by atoms with Gasteiger partial charge in [-0.25, -0.2) is 9.78 Å². The Bertz CT molecular complexity index is 340. The molecule has 1 fully saturated rings. The van der Waals surface area contributed by atoms with E-state index in [0.717, 1.165) is 18.8 Å². The van der Waals surface area contributed by atoms with Gasteiger partial charge in [0.2, 0.25) is 0 Å². The fourth-order valence-electron chi connectivity index (χ4n) is 1.82. The standard InChI is InChI=1S/C9H15N5O2/c1-16-9(15)14-3-2-10-7(5-14)4-8-11-6-12-13-8/h6-7,10H,2-5H2,1H3,(H,11,12,13). The van der Waals surface area contributed by atoms with E-state index in [2.05, 4.69) is 20.5 Å². The molecule has 0 saturated carbocycles. The first-order chi connectivity index (χ1) is 7.79. The second-order valence-electron chi connectivity index (χ2n) is 3.70. The summed E-state index contributed by atoms with van der Waals surface area (Å²) in [5, 5.41) is 9.92. The van der Waals surface area contributed by atoms with Crippen LogP contribution in [0.4, 0.5) is 4.79 Å². The number of carbonyl (C=O) groups excluding carboxylic acids is 1. The Hall–Kier alpha value is -1.63. The second-order valence-corrected chi connectivity index (χ2v) is 3.70. The van der Waals surface area contributed by atoms with Crippen molar-refractivity contribution in [2.24, 2.45) is 0 Å². The number of aromatic amines is 1. The van der Waals surface area contributed by atoms with Gasteiger partial charge in [0.25, 0.3) is 0 Å². The molecule has 2 rings (SSSR count). The summed E-state index contributed by atoms with van der Waals surface area (Å²) in [7, 11) is 1.40. The van der Waals surface area contributed by atoms with Crippen molar-refractivity contribution >= 4 is 6.09 Å². The highest BCUT2D eigenvalue weighted by molar-refractivity contribution is 5.67. The molecule has 1 unspecified atom stereocenters. The van der Waals surface area contributed by atoms with E-state index in [1.807, 2.05) is 0 Å². The van der Waals surface area contributed by atoms with E-state index in [1.165, 1.54) is 13.4 Å². The molecule has 1 amide bonds. The minimum Gasteiger partial charge on any atom is -0.453 e. The second kappa shape index (κ2) is 4.93. The van der Waals surface area contributed by atoms with Crippen LogP contribution in [0, 0.1) is 0 Å². The van der Waals surface area contributed by atoms with Crippen LogP contribution < -0.4 is 5.32 Å². The van der Waals surface area contributed by atoms with Crippen LogP contribution in [0.25, 0.3) is 0 Å². The SMILES string of the molecule is COC(=O)N1CCNC(Cc2ncn[nH]2)C1. The lowest BCUT2D eigenvalue weighted by Gasteiger charge is -2.32. The molecule has 88 valence electrons. The van der Waals surface area contributed by atoms with Gasteiger partial charge in [0.15, 0.2) is 0 Å². The van der Waals surface area contributed by atoms with Crippen molar-refractivity contribution < 1.29 is 9.53 Å². The maximum absolute atomic E-state index is 11.4. The van der Waals surface area contributed by atoms with Crippen LogP contribution in [0.2, 0.25) is 0 Å². The molecule has 1 aromatic heterocycles. The van der Waals surface area contributed by atoms with E-state index in [1.54, 1.807) is 4.90 Å². The Balaban J connectivity index is 1.89. The molecule has 2 heterocycles. The smallest absolute Gasteiger partial charge is 0.409 e. The van der Waals surface area contributed by atoms with E-state index in [-0.39, 0.29) is 12.1 Å².